The Hall–Kier alpha value is -2.69. The van der Waals surface area contributed by atoms with Crippen molar-refractivity contribution in [1.29, 1.82) is 0 Å². The molecule has 0 saturated carbocycles. The first-order chi connectivity index (χ1) is 11.7. The Morgan fingerprint density at radius 3 is 2.60 bits per heavy atom. The van der Waals surface area contributed by atoms with E-state index in [0.29, 0.717) is 0 Å². The number of rotatable bonds is 5. The van der Waals surface area contributed by atoms with Crippen molar-refractivity contribution in [3.63, 3.8) is 0 Å². The maximum Gasteiger partial charge on any atom is 0.451 e. The van der Waals surface area contributed by atoms with Crippen LogP contribution in [0.1, 0.15) is 22.6 Å². The highest BCUT2D eigenvalue weighted by molar-refractivity contribution is 6.33. The summed E-state index contributed by atoms with van der Waals surface area (Å²) in [6.45, 7) is -0.130. The molecule has 2 aromatic rings. The molecule has 0 fully saturated rings. The lowest BCUT2D eigenvalue weighted by molar-refractivity contribution is -0.144. The summed E-state index contributed by atoms with van der Waals surface area (Å²) in [5.74, 6) is -3.83. The van der Waals surface area contributed by atoms with Gasteiger partial charge in [-0.05, 0) is 18.2 Å². The number of alkyl halides is 3. The van der Waals surface area contributed by atoms with Crippen molar-refractivity contribution in [3.8, 4) is 0 Å². The van der Waals surface area contributed by atoms with Gasteiger partial charge in [0.05, 0.1) is 10.6 Å². The van der Waals surface area contributed by atoms with E-state index in [2.05, 4.69) is 15.4 Å². The van der Waals surface area contributed by atoms with Crippen molar-refractivity contribution in [1.82, 2.24) is 20.5 Å². The Bertz CT molecular complexity index is 793. The number of benzene rings is 1. The number of nitrogens with one attached hydrogen (secondary N) is 3. The van der Waals surface area contributed by atoms with Gasteiger partial charge in [-0.15, -0.1) is 5.10 Å². The van der Waals surface area contributed by atoms with Gasteiger partial charge < -0.3 is 5.32 Å². The van der Waals surface area contributed by atoms with Crippen molar-refractivity contribution in [3.05, 3.63) is 40.4 Å². The van der Waals surface area contributed by atoms with Gasteiger partial charge in [0.15, 0.2) is 0 Å². The molecule has 1 aromatic carbocycles. The molecule has 25 heavy (non-hydrogen) atoms. The van der Waals surface area contributed by atoms with E-state index in [-0.39, 0.29) is 23.6 Å². The van der Waals surface area contributed by atoms with Gasteiger partial charge in [0.25, 0.3) is 5.91 Å². The predicted octanol–water partition coefficient (Wildman–Crippen LogP) is 2.37. The zero-order valence-corrected chi connectivity index (χ0v) is 13.0. The second-order valence-corrected chi connectivity index (χ2v) is 5.09. The van der Waals surface area contributed by atoms with Crippen LogP contribution in [0, 0.1) is 5.82 Å². The summed E-state index contributed by atoms with van der Waals surface area (Å²) in [6.07, 6.45) is -4.96. The average molecular weight is 380 g/mol. The van der Waals surface area contributed by atoms with Crippen LogP contribution in [0.2, 0.25) is 5.02 Å². The molecule has 2 amide bonds. The first kappa shape index (κ1) is 18.6. The molecule has 2 rings (SSSR count). The van der Waals surface area contributed by atoms with Crippen LogP contribution in [0.25, 0.3) is 0 Å². The lowest BCUT2D eigenvalue weighted by Crippen LogP contribution is -2.28. The highest BCUT2D eigenvalue weighted by Crippen LogP contribution is 2.26. The molecular formula is C13H10ClF4N5O2. The molecule has 12 heteroatoms. The Morgan fingerprint density at radius 2 is 2.00 bits per heavy atom. The van der Waals surface area contributed by atoms with Crippen molar-refractivity contribution >= 4 is 29.4 Å². The van der Waals surface area contributed by atoms with Gasteiger partial charge in [-0.25, -0.2) is 4.39 Å². The number of anilines is 1. The van der Waals surface area contributed by atoms with Gasteiger partial charge in [-0.1, -0.05) is 11.6 Å². The highest BCUT2D eigenvalue weighted by Gasteiger charge is 2.35. The van der Waals surface area contributed by atoms with E-state index in [9.17, 15) is 27.2 Å². The number of aromatic nitrogens is 3. The van der Waals surface area contributed by atoms with Gasteiger partial charge in [-0.3, -0.25) is 20.0 Å². The van der Waals surface area contributed by atoms with Crippen molar-refractivity contribution in [2.75, 3.05) is 11.9 Å². The lowest BCUT2D eigenvalue weighted by atomic mass is 10.2. The average Bonchev–Trinajstić information content (AvgIpc) is 2.95. The molecule has 0 aliphatic heterocycles. The third-order valence-corrected chi connectivity index (χ3v) is 3.13. The van der Waals surface area contributed by atoms with Crippen molar-refractivity contribution < 1.29 is 27.2 Å². The number of hydrogen-bond donors (Lipinski definition) is 3. The summed E-state index contributed by atoms with van der Waals surface area (Å²) >= 11 is 5.72. The topological polar surface area (TPSA) is 99.8 Å². The van der Waals surface area contributed by atoms with E-state index in [0.717, 1.165) is 12.1 Å². The number of aromatic amines is 1. The second-order valence-electron chi connectivity index (χ2n) is 4.68. The molecule has 0 radical (unpaired) electrons. The summed E-state index contributed by atoms with van der Waals surface area (Å²) in [5.41, 5.74) is 0.0206. The van der Waals surface area contributed by atoms with E-state index >= 15 is 0 Å². The fraction of sp³-hybridized carbons (Fsp3) is 0.231. The number of hydrogen-bond acceptors (Lipinski definition) is 4. The smallest absolute Gasteiger partial charge is 0.351 e. The Kier molecular flexibility index (Phi) is 5.57. The van der Waals surface area contributed by atoms with Crippen molar-refractivity contribution in [2.45, 2.75) is 12.6 Å². The Morgan fingerprint density at radius 1 is 1.28 bits per heavy atom. The minimum absolute atomic E-state index is 0.0206. The van der Waals surface area contributed by atoms with Gasteiger partial charge in [0, 0.05) is 13.0 Å². The lowest BCUT2D eigenvalue weighted by Gasteiger charge is -2.06. The summed E-state index contributed by atoms with van der Waals surface area (Å²) in [7, 11) is 0. The zero-order chi connectivity index (χ0) is 18.6. The molecule has 0 unspecified atom stereocenters. The number of carbonyl (C=O) groups is 2. The zero-order valence-electron chi connectivity index (χ0n) is 12.2. The fourth-order valence-electron chi connectivity index (χ4n) is 1.69. The van der Waals surface area contributed by atoms with E-state index in [1.165, 1.54) is 6.07 Å². The Labute approximate surface area is 142 Å². The molecule has 0 aliphatic rings. The third kappa shape index (κ3) is 5.14. The van der Waals surface area contributed by atoms with Crippen LogP contribution in [0.3, 0.4) is 0 Å². The summed E-state index contributed by atoms with van der Waals surface area (Å²) < 4.78 is 49.9. The molecular weight excluding hydrogens is 370 g/mol. The van der Waals surface area contributed by atoms with E-state index in [1.54, 1.807) is 5.10 Å². The van der Waals surface area contributed by atoms with Crippen LogP contribution in [-0.4, -0.2) is 33.5 Å². The fourth-order valence-corrected chi connectivity index (χ4v) is 1.94. The molecule has 1 heterocycles. The van der Waals surface area contributed by atoms with Crippen LogP contribution in [0.15, 0.2) is 18.2 Å². The number of carbonyl (C=O) groups excluding carboxylic acids is 2. The van der Waals surface area contributed by atoms with Crippen LogP contribution in [-0.2, 0) is 11.0 Å². The monoisotopic (exact) mass is 379 g/mol. The third-order valence-electron chi connectivity index (χ3n) is 2.82. The first-order valence-corrected chi connectivity index (χ1v) is 7.07. The minimum atomic E-state index is -4.71. The van der Waals surface area contributed by atoms with Gasteiger partial charge in [-0.2, -0.15) is 18.2 Å². The van der Waals surface area contributed by atoms with Crippen LogP contribution >= 0.6 is 11.6 Å². The molecule has 1 aromatic heterocycles. The summed E-state index contributed by atoms with van der Waals surface area (Å²) in [5, 5.41) is 9.17. The molecule has 7 nitrogen and oxygen atoms in total. The Balaban J connectivity index is 1.82. The molecule has 134 valence electrons. The molecule has 3 N–H and O–H groups in total. The van der Waals surface area contributed by atoms with Crippen LogP contribution in [0.4, 0.5) is 23.5 Å². The van der Waals surface area contributed by atoms with Crippen molar-refractivity contribution in [2.24, 2.45) is 0 Å². The first-order valence-electron chi connectivity index (χ1n) is 6.69. The molecule has 0 bridgehead atoms. The number of H-pyrrole nitrogens is 1. The molecule has 0 aliphatic carbocycles. The van der Waals surface area contributed by atoms with E-state index < -0.39 is 35.6 Å². The van der Waals surface area contributed by atoms with E-state index in [4.69, 9.17) is 11.6 Å². The van der Waals surface area contributed by atoms with Gasteiger partial charge in [0.2, 0.25) is 17.7 Å². The van der Waals surface area contributed by atoms with Crippen LogP contribution in [0.5, 0.6) is 0 Å². The predicted molar refractivity (Wildman–Crippen MR) is 78.4 cm³/mol. The number of nitrogens with zero attached hydrogens (tertiary/aromatic N) is 2. The summed E-state index contributed by atoms with van der Waals surface area (Å²) in [6, 6.07) is 3.19. The van der Waals surface area contributed by atoms with Crippen LogP contribution < -0.4 is 10.6 Å². The summed E-state index contributed by atoms with van der Waals surface area (Å²) in [4.78, 5) is 26.5. The second kappa shape index (κ2) is 7.47. The van der Waals surface area contributed by atoms with Gasteiger partial charge in [0.1, 0.15) is 5.82 Å². The highest BCUT2D eigenvalue weighted by atomic mass is 35.5. The van der Waals surface area contributed by atoms with Gasteiger partial charge >= 0.3 is 6.18 Å². The minimum Gasteiger partial charge on any atom is -0.351 e. The molecule has 0 saturated heterocycles. The maximum atomic E-state index is 12.9. The number of halogens is 5. The normalized spacial score (nSPS) is 11.2. The van der Waals surface area contributed by atoms with E-state index in [1.807, 2.05) is 5.32 Å². The molecule has 0 spiro atoms. The molecule has 0 atom stereocenters. The largest absolute Gasteiger partial charge is 0.451 e. The standard InChI is InChI=1S/C13H10ClF4N5O2/c14-8-5-6(15)1-2-7(8)10(25)19-4-3-9(24)20-12-21-11(22-23-12)13(16,17)18/h1-2,5H,3-4H2,(H,19,25)(H2,20,21,22,23,24). The maximum absolute atomic E-state index is 12.9. The quantitative estimate of drug-likeness (QED) is 0.694. The number of amides is 2. The SMILES string of the molecule is O=C(CCNC(=O)c1ccc(F)cc1Cl)Nc1n[nH]c(C(F)(F)F)n1.